The van der Waals surface area contributed by atoms with Gasteiger partial charge in [0.15, 0.2) is 5.78 Å². The van der Waals surface area contributed by atoms with Gasteiger partial charge in [0.2, 0.25) is 9.84 Å². The van der Waals surface area contributed by atoms with E-state index in [9.17, 15) is 18.3 Å². The van der Waals surface area contributed by atoms with Crippen LogP contribution in [0.15, 0.2) is 58.3 Å². The number of carbonyl (C=O) groups is 1. The van der Waals surface area contributed by atoms with E-state index in [2.05, 4.69) is 18.8 Å². The molecular weight excluding hydrogens is 398 g/mol. The Labute approximate surface area is 176 Å². The molecule has 4 rings (SSSR count). The average molecular weight is 424 g/mol. The van der Waals surface area contributed by atoms with Gasteiger partial charge in [0, 0.05) is 29.8 Å². The Kier molecular flexibility index (Phi) is 4.85. The lowest BCUT2D eigenvalue weighted by Gasteiger charge is -2.28. The van der Waals surface area contributed by atoms with Crippen molar-refractivity contribution in [3.8, 4) is 5.75 Å². The summed E-state index contributed by atoms with van der Waals surface area (Å²) in [6.07, 6.45) is 1.48. The highest BCUT2D eigenvalue weighted by atomic mass is 32.2. The van der Waals surface area contributed by atoms with E-state index in [-0.39, 0.29) is 33.2 Å². The number of hydrogen-bond acceptors (Lipinski definition) is 4. The second-order valence-electron chi connectivity index (χ2n) is 8.78. The Bertz CT molecular complexity index is 1240. The predicted octanol–water partition coefficient (Wildman–Crippen LogP) is 4.61. The van der Waals surface area contributed by atoms with E-state index in [0.717, 1.165) is 23.4 Å². The van der Waals surface area contributed by atoms with Crippen LogP contribution in [0.25, 0.3) is 0 Å². The molecule has 0 unspecified atom stereocenters. The van der Waals surface area contributed by atoms with Crippen LogP contribution in [0.4, 0.5) is 0 Å². The normalized spacial score (nSPS) is 15.8. The molecule has 0 saturated heterocycles. The first-order valence-corrected chi connectivity index (χ1v) is 11.4. The maximum atomic E-state index is 13.3. The number of carbonyl (C=O) groups excluding carboxylic acids is 1. The number of aryl methyl sites for hydroxylation is 1. The number of phenolic OH excluding ortho intramolecular Hbond substituents is 1. The highest BCUT2D eigenvalue weighted by Crippen LogP contribution is 2.39. The molecule has 0 amide bonds. The summed E-state index contributed by atoms with van der Waals surface area (Å²) in [6, 6.07) is 12.8. The van der Waals surface area contributed by atoms with Crippen molar-refractivity contribution in [1.82, 2.24) is 4.98 Å². The second-order valence-corrected chi connectivity index (χ2v) is 10.7. The molecule has 1 aliphatic carbocycles. The van der Waals surface area contributed by atoms with Gasteiger partial charge in [0.25, 0.3) is 0 Å². The monoisotopic (exact) mass is 423 g/mol. The number of H-pyrrole nitrogens is 1. The number of benzene rings is 2. The molecule has 2 N–H and O–H groups in total. The molecule has 0 spiro atoms. The third-order valence-corrected chi connectivity index (χ3v) is 7.63. The van der Waals surface area contributed by atoms with Crippen LogP contribution in [0, 0.1) is 12.3 Å². The van der Waals surface area contributed by atoms with Crippen LogP contribution in [0.2, 0.25) is 0 Å². The summed E-state index contributed by atoms with van der Waals surface area (Å²) in [4.78, 5) is 16.3. The molecule has 1 aromatic heterocycles. The molecule has 0 aliphatic heterocycles. The molecule has 0 radical (unpaired) electrons. The van der Waals surface area contributed by atoms with Gasteiger partial charge in [-0.3, -0.25) is 4.79 Å². The fourth-order valence-electron chi connectivity index (χ4n) is 4.42. The number of sulfone groups is 1. The molecule has 2 aromatic carbocycles. The largest absolute Gasteiger partial charge is 0.507 e. The third-order valence-electron chi connectivity index (χ3n) is 5.73. The van der Waals surface area contributed by atoms with Gasteiger partial charge in [-0.15, -0.1) is 0 Å². The van der Waals surface area contributed by atoms with Crippen molar-refractivity contribution >= 4 is 15.6 Å². The number of hydrogen-bond donors (Lipinski definition) is 2. The minimum atomic E-state index is -3.91. The lowest BCUT2D eigenvalue weighted by atomic mass is 9.75. The number of aromatic nitrogens is 1. The van der Waals surface area contributed by atoms with Gasteiger partial charge < -0.3 is 10.1 Å². The Morgan fingerprint density at radius 3 is 2.43 bits per heavy atom. The van der Waals surface area contributed by atoms with Gasteiger partial charge in [-0.2, -0.15) is 0 Å². The molecule has 1 aliphatic rings. The number of aromatic amines is 1. The Morgan fingerprint density at radius 1 is 1.03 bits per heavy atom. The Hall–Kier alpha value is -2.86. The molecule has 156 valence electrons. The molecular formula is C24H25NO4S. The van der Waals surface area contributed by atoms with Crippen molar-refractivity contribution in [2.75, 3.05) is 0 Å². The van der Waals surface area contributed by atoms with Crippen molar-refractivity contribution in [3.05, 3.63) is 76.6 Å². The number of phenols is 1. The summed E-state index contributed by atoms with van der Waals surface area (Å²) >= 11 is 0. The molecule has 0 bridgehead atoms. The van der Waals surface area contributed by atoms with Gasteiger partial charge in [-0.05, 0) is 48.1 Å². The van der Waals surface area contributed by atoms with Crippen LogP contribution in [-0.4, -0.2) is 24.3 Å². The number of Topliss-reactive ketones (excluding diaryl/α,β-unsaturated/α-hetero) is 1. The number of aromatic hydroxyl groups is 1. The van der Waals surface area contributed by atoms with Crippen LogP contribution >= 0.6 is 0 Å². The van der Waals surface area contributed by atoms with Gasteiger partial charge in [-0.25, -0.2) is 8.42 Å². The minimum Gasteiger partial charge on any atom is -0.507 e. The lowest BCUT2D eigenvalue weighted by molar-refractivity contribution is 0.0911. The van der Waals surface area contributed by atoms with E-state index in [4.69, 9.17) is 0 Å². The van der Waals surface area contributed by atoms with Crippen molar-refractivity contribution in [3.63, 3.8) is 0 Å². The summed E-state index contributed by atoms with van der Waals surface area (Å²) in [6.45, 7) is 6.05. The molecule has 5 nitrogen and oxygen atoms in total. The molecule has 0 saturated carbocycles. The van der Waals surface area contributed by atoms with E-state index in [1.165, 1.54) is 18.2 Å². The Balaban J connectivity index is 1.84. The SMILES string of the molecule is Cc1[nH]c2c(c1Cc1cccc(O)c1S(=O)(=O)c1ccccc1)C(=O)CC(C)(C)C2. The second kappa shape index (κ2) is 7.13. The van der Waals surface area contributed by atoms with Crippen LogP contribution in [-0.2, 0) is 22.7 Å². The first kappa shape index (κ1) is 20.4. The zero-order chi connectivity index (χ0) is 21.7. The van der Waals surface area contributed by atoms with Crippen LogP contribution < -0.4 is 0 Å². The summed E-state index contributed by atoms with van der Waals surface area (Å²) in [5, 5.41) is 10.5. The van der Waals surface area contributed by atoms with Crippen molar-refractivity contribution < 1.29 is 18.3 Å². The van der Waals surface area contributed by atoms with Crippen LogP contribution in [0.5, 0.6) is 5.75 Å². The van der Waals surface area contributed by atoms with Crippen molar-refractivity contribution in [2.45, 2.75) is 49.8 Å². The molecule has 6 heteroatoms. The molecule has 1 heterocycles. The smallest absolute Gasteiger partial charge is 0.210 e. The summed E-state index contributed by atoms with van der Waals surface area (Å²) in [5.41, 5.74) is 3.62. The van der Waals surface area contributed by atoms with E-state index in [0.29, 0.717) is 17.5 Å². The molecule has 0 atom stereocenters. The standard InChI is InChI=1S/C24H25NO4S/c1-15-18(22-19(25-15)13-24(2,3)14-21(22)27)12-16-8-7-11-20(26)23(16)30(28,29)17-9-5-4-6-10-17/h4-11,25-26H,12-14H2,1-3H3. The number of nitrogens with one attached hydrogen (secondary N) is 1. The predicted molar refractivity (Wildman–Crippen MR) is 115 cm³/mol. The van der Waals surface area contributed by atoms with Crippen molar-refractivity contribution in [1.29, 1.82) is 0 Å². The number of rotatable bonds is 4. The first-order valence-electron chi connectivity index (χ1n) is 9.95. The maximum absolute atomic E-state index is 13.3. The van der Waals surface area contributed by atoms with Crippen molar-refractivity contribution in [2.24, 2.45) is 5.41 Å². The molecule has 0 fully saturated rings. The highest BCUT2D eigenvalue weighted by Gasteiger charge is 2.35. The Morgan fingerprint density at radius 2 is 1.73 bits per heavy atom. The maximum Gasteiger partial charge on any atom is 0.210 e. The van der Waals surface area contributed by atoms with E-state index >= 15 is 0 Å². The topological polar surface area (TPSA) is 87.2 Å². The first-order chi connectivity index (χ1) is 14.1. The minimum absolute atomic E-state index is 0.0771. The number of ketones is 1. The lowest BCUT2D eigenvalue weighted by Crippen LogP contribution is -2.27. The fraction of sp³-hybridized carbons (Fsp3) is 0.292. The van der Waals surface area contributed by atoms with E-state index in [1.54, 1.807) is 30.3 Å². The summed E-state index contributed by atoms with van der Waals surface area (Å²) < 4.78 is 26.6. The zero-order valence-corrected chi connectivity index (χ0v) is 18.1. The van der Waals surface area contributed by atoms with Gasteiger partial charge in [0.05, 0.1) is 4.90 Å². The van der Waals surface area contributed by atoms with E-state index < -0.39 is 9.84 Å². The van der Waals surface area contributed by atoms with Crippen LogP contribution in [0.3, 0.4) is 0 Å². The van der Waals surface area contributed by atoms with Gasteiger partial charge in [0.1, 0.15) is 10.6 Å². The highest BCUT2D eigenvalue weighted by molar-refractivity contribution is 7.91. The van der Waals surface area contributed by atoms with Crippen LogP contribution in [0.1, 0.15) is 53.1 Å². The number of fused-ring (bicyclic) bond motifs is 1. The fourth-order valence-corrected chi connectivity index (χ4v) is 6.00. The van der Waals surface area contributed by atoms with E-state index in [1.807, 2.05) is 6.92 Å². The summed E-state index contributed by atoms with van der Waals surface area (Å²) in [7, 11) is -3.91. The average Bonchev–Trinajstić information content (AvgIpc) is 2.96. The zero-order valence-electron chi connectivity index (χ0n) is 17.3. The molecule has 3 aromatic rings. The molecule has 30 heavy (non-hydrogen) atoms. The summed E-state index contributed by atoms with van der Waals surface area (Å²) in [5.74, 6) is -0.209. The van der Waals surface area contributed by atoms with Gasteiger partial charge in [-0.1, -0.05) is 44.2 Å². The van der Waals surface area contributed by atoms with Gasteiger partial charge >= 0.3 is 0 Å². The quantitative estimate of drug-likeness (QED) is 0.642. The third kappa shape index (κ3) is 3.45.